The van der Waals surface area contributed by atoms with Crippen molar-refractivity contribution in [1.29, 1.82) is 0 Å². The van der Waals surface area contributed by atoms with E-state index in [-0.39, 0.29) is 4.90 Å². The molecule has 3 nitrogen and oxygen atoms in total. The van der Waals surface area contributed by atoms with E-state index in [9.17, 15) is 8.42 Å². The van der Waals surface area contributed by atoms with Gasteiger partial charge in [0.25, 0.3) is 10.0 Å². The molecular formula is C13H11Br2NO2S. The molecule has 0 saturated heterocycles. The summed E-state index contributed by atoms with van der Waals surface area (Å²) in [5.41, 5.74) is 1.52. The Morgan fingerprint density at radius 3 is 2.21 bits per heavy atom. The number of anilines is 1. The van der Waals surface area contributed by atoms with Crippen LogP contribution in [0.25, 0.3) is 0 Å². The Morgan fingerprint density at radius 2 is 1.63 bits per heavy atom. The topological polar surface area (TPSA) is 46.2 Å². The quantitative estimate of drug-likeness (QED) is 0.827. The molecule has 0 unspecified atom stereocenters. The van der Waals surface area contributed by atoms with Crippen molar-refractivity contribution >= 4 is 47.6 Å². The average molecular weight is 405 g/mol. The smallest absolute Gasteiger partial charge is 0.263 e. The highest BCUT2D eigenvalue weighted by molar-refractivity contribution is 9.10. The van der Waals surface area contributed by atoms with Gasteiger partial charge in [-0.15, -0.1) is 0 Å². The van der Waals surface area contributed by atoms with E-state index in [4.69, 9.17) is 0 Å². The van der Waals surface area contributed by atoms with Crippen molar-refractivity contribution in [2.24, 2.45) is 0 Å². The van der Waals surface area contributed by atoms with Crippen molar-refractivity contribution in [1.82, 2.24) is 0 Å². The van der Waals surface area contributed by atoms with Crippen molar-refractivity contribution < 1.29 is 8.42 Å². The molecule has 6 heteroatoms. The highest BCUT2D eigenvalue weighted by atomic mass is 79.9. The molecule has 0 radical (unpaired) electrons. The third-order valence-electron chi connectivity index (χ3n) is 2.47. The van der Waals surface area contributed by atoms with Crippen LogP contribution in [0, 0.1) is 6.92 Å². The Balaban J connectivity index is 2.35. The molecule has 0 amide bonds. The highest BCUT2D eigenvalue weighted by Gasteiger charge is 2.17. The van der Waals surface area contributed by atoms with Gasteiger partial charge in [0.1, 0.15) is 4.90 Å². The maximum atomic E-state index is 12.3. The van der Waals surface area contributed by atoms with Crippen molar-refractivity contribution in [3.8, 4) is 0 Å². The van der Waals surface area contributed by atoms with Crippen LogP contribution >= 0.6 is 31.9 Å². The van der Waals surface area contributed by atoms with Gasteiger partial charge in [-0.25, -0.2) is 8.42 Å². The second kappa shape index (κ2) is 5.64. The third-order valence-corrected chi connectivity index (χ3v) is 5.36. The summed E-state index contributed by atoms with van der Waals surface area (Å²) < 4.78 is 28.5. The number of sulfonamides is 1. The molecule has 0 atom stereocenters. The molecule has 1 N–H and O–H groups in total. The van der Waals surface area contributed by atoms with Crippen LogP contribution in [0.2, 0.25) is 0 Å². The molecule has 0 bridgehead atoms. The van der Waals surface area contributed by atoms with Gasteiger partial charge < -0.3 is 0 Å². The molecular weight excluding hydrogens is 394 g/mol. The monoisotopic (exact) mass is 403 g/mol. The van der Waals surface area contributed by atoms with E-state index in [0.29, 0.717) is 10.2 Å². The van der Waals surface area contributed by atoms with E-state index in [0.717, 1.165) is 10.0 Å². The first-order valence-electron chi connectivity index (χ1n) is 5.43. The van der Waals surface area contributed by atoms with Gasteiger partial charge in [0.15, 0.2) is 0 Å². The summed E-state index contributed by atoms with van der Waals surface area (Å²) in [7, 11) is -3.59. The number of halogens is 2. The average Bonchev–Trinajstić information content (AvgIpc) is 2.31. The molecule has 0 saturated carbocycles. The molecule has 0 fully saturated rings. The van der Waals surface area contributed by atoms with Gasteiger partial charge in [0.2, 0.25) is 0 Å². The first-order valence-corrected chi connectivity index (χ1v) is 8.50. The van der Waals surface area contributed by atoms with Crippen LogP contribution in [0.5, 0.6) is 0 Å². The van der Waals surface area contributed by atoms with Crippen molar-refractivity contribution in [3.63, 3.8) is 0 Å². The van der Waals surface area contributed by atoms with E-state index >= 15 is 0 Å². The molecule has 2 aromatic carbocycles. The predicted molar refractivity (Wildman–Crippen MR) is 83.8 cm³/mol. The van der Waals surface area contributed by atoms with Crippen LogP contribution in [0.3, 0.4) is 0 Å². The maximum Gasteiger partial charge on any atom is 0.263 e. The molecule has 2 aromatic rings. The zero-order valence-electron chi connectivity index (χ0n) is 10.0. The van der Waals surface area contributed by atoms with Crippen LogP contribution in [0.15, 0.2) is 56.3 Å². The van der Waals surface area contributed by atoms with Crippen molar-refractivity contribution in [2.45, 2.75) is 11.8 Å². The summed E-state index contributed by atoms with van der Waals surface area (Å²) in [5.74, 6) is 0. The molecule has 100 valence electrons. The summed E-state index contributed by atoms with van der Waals surface area (Å²) in [5, 5.41) is 0. The van der Waals surface area contributed by atoms with Crippen LogP contribution in [0.4, 0.5) is 5.69 Å². The van der Waals surface area contributed by atoms with Gasteiger partial charge in [0.05, 0.1) is 0 Å². The molecule has 0 spiro atoms. The second-order valence-electron chi connectivity index (χ2n) is 4.05. The van der Waals surface area contributed by atoms with Crippen LogP contribution in [-0.4, -0.2) is 8.42 Å². The van der Waals surface area contributed by atoms with Gasteiger partial charge in [-0.3, -0.25) is 4.72 Å². The van der Waals surface area contributed by atoms with Crippen LogP contribution in [-0.2, 0) is 10.0 Å². The lowest BCUT2D eigenvalue weighted by Gasteiger charge is -2.10. The third kappa shape index (κ3) is 3.58. The first kappa shape index (κ1) is 14.6. The molecule has 0 heterocycles. The lowest BCUT2D eigenvalue weighted by Crippen LogP contribution is -2.13. The molecule has 0 aliphatic carbocycles. The number of hydrogen-bond acceptors (Lipinski definition) is 2. The second-order valence-corrected chi connectivity index (χ2v) is 7.47. The van der Waals surface area contributed by atoms with Gasteiger partial charge in [-0.05, 0) is 64.8 Å². The van der Waals surface area contributed by atoms with E-state index < -0.39 is 10.0 Å². The van der Waals surface area contributed by atoms with Crippen LogP contribution < -0.4 is 4.72 Å². The summed E-state index contributed by atoms with van der Waals surface area (Å²) in [4.78, 5) is 0.223. The number of nitrogens with one attached hydrogen (secondary N) is 1. The summed E-state index contributed by atoms with van der Waals surface area (Å²) >= 11 is 6.59. The molecule has 2 rings (SSSR count). The fourth-order valence-corrected chi connectivity index (χ4v) is 4.07. The standard InChI is InChI=1S/C13H11Br2NO2S/c1-9-2-7-13(12(15)8-9)19(17,18)16-11-5-3-10(14)4-6-11/h2-8,16H,1H3. The normalized spacial score (nSPS) is 11.3. The van der Waals surface area contributed by atoms with Crippen molar-refractivity contribution in [2.75, 3.05) is 4.72 Å². The fraction of sp³-hybridized carbons (Fsp3) is 0.0769. The molecule has 19 heavy (non-hydrogen) atoms. The van der Waals surface area contributed by atoms with E-state index in [1.807, 2.05) is 6.92 Å². The zero-order chi connectivity index (χ0) is 14.0. The minimum atomic E-state index is -3.59. The SMILES string of the molecule is Cc1ccc(S(=O)(=O)Nc2ccc(Br)cc2)c(Br)c1. The predicted octanol–water partition coefficient (Wildman–Crippen LogP) is 4.32. The fourth-order valence-electron chi connectivity index (χ4n) is 1.55. The van der Waals surface area contributed by atoms with Gasteiger partial charge in [0, 0.05) is 14.6 Å². The van der Waals surface area contributed by atoms with Gasteiger partial charge >= 0.3 is 0 Å². The summed E-state index contributed by atoms with van der Waals surface area (Å²) in [6.07, 6.45) is 0. The van der Waals surface area contributed by atoms with Gasteiger partial charge in [-0.2, -0.15) is 0 Å². The Morgan fingerprint density at radius 1 is 1.00 bits per heavy atom. The van der Waals surface area contributed by atoms with E-state index in [1.165, 1.54) is 0 Å². The number of aryl methyl sites for hydroxylation is 1. The number of hydrogen-bond donors (Lipinski definition) is 1. The molecule has 0 aliphatic heterocycles. The van der Waals surface area contributed by atoms with Crippen LogP contribution in [0.1, 0.15) is 5.56 Å². The Labute approximate surface area is 129 Å². The molecule has 0 aromatic heterocycles. The zero-order valence-corrected chi connectivity index (χ0v) is 14.0. The number of rotatable bonds is 3. The lowest BCUT2D eigenvalue weighted by atomic mass is 10.2. The maximum absolute atomic E-state index is 12.3. The number of benzene rings is 2. The van der Waals surface area contributed by atoms with E-state index in [2.05, 4.69) is 36.6 Å². The van der Waals surface area contributed by atoms with E-state index in [1.54, 1.807) is 42.5 Å². The highest BCUT2D eigenvalue weighted by Crippen LogP contribution is 2.25. The summed E-state index contributed by atoms with van der Waals surface area (Å²) in [6, 6.07) is 12.1. The first-order chi connectivity index (χ1) is 8.88. The summed E-state index contributed by atoms with van der Waals surface area (Å²) in [6.45, 7) is 1.91. The Bertz CT molecular complexity index is 697. The Hall–Kier alpha value is -0.850. The van der Waals surface area contributed by atoms with Crippen molar-refractivity contribution in [3.05, 3.63) is 57.0 Å². The minimum absolute atomic E-state index is 0.223. The minimum Gasteiger partial charge on any atom is -0.280 e. The lowest BCUT2D eigenvalue weighted by molar-refractivity contribution is 0.600. The van der Waals surface area contributed by atoms with Gasteiger partial charge in [-0.1, -0.05) is 22.0 Å². The molecule has 0 aliphatic rings. The largest absolute Gasteiger partial charge is 0.280 e. The Kier molecular flexibility index (Phi) is 4.32.